The molecule has 0 spiro atoms. The third kappa shape index (κ3) is 3.91. The maximum Gasteiger partial charge on any atom is 0.274 e. The smallest absolute Gasteiger partial charge is 0.274 e. The molecule has 0 saturated heterocycles. The van der Waals surface area contributed by atoms with Gasteiger partial charge in [0.25, 0.3) is 5.91 Å². The summed E-state index contributed by atoms with van der Waals surface area (Å²) in [5, 5.41) is 2.63. The van der Waals surface area contributed by atoms with E-state index in [4.69, 9.17) is 9.72 Å². The van der Waals surface area contributed by atoms with Gasteiger partial charge in [0, 0.05) is 29.1 Å². The Hall–Kier alpha value is -3.80. The number of amides is 1. The SMILES string of the molecule is C=CNC(=O)c1nc(-c2ccccc2)nc(C2=CCCCO2)c1-c1cccnc1. The molecule has 6 nitrogen and oxygen atoms in total. The van der Waals surface area contributed by atoms with Crippen LogP contribution >= 0.6 is 0 Å². The molecule has 2 aromatic heterocycles. The highest BCUT2D eigenvalue weighted by Crippen LogP contribution is 2.34. The van der Waals surface area contributed by atoms with Gasteiger partial charge in [-0.05, 0) is 31.2 Å². The fraction of sp³-hybridized carbons (Fsp3) is 0.130. The molecule has 0 fully saturated rings. The van der Waals surface area contributed by atoms with E-state index in [9.17, 15) is 4.79 Å². The zero-order valence-electron chi connectivity index (χ0n) is 15.8. The Morgan fingerprint density at radius 3 is 2.62 bits per heavy atom. The molecule has 1 amide bonds. The average molecular weight is 384 g/mol. The van der Waals surface area contributed by atoms with Crippen LogP contribution in [0.25, 0.3) is 28.3 Å². The number of pyridine rings is 1. The zero-order valence-corrected chi connectivity index (χ0v) is 15.8. The van der Waals surface area contributed by atoms with Gasteiger partial charge in [-0.2, -0.15) is 0 Å². The van der Waals surface area contributed by atoms with E-state index in [0.29, 0.717) is 29.4 Å². The Kier molecular flexibility index (Phi) is 5.42. The number of carbonyl (C=O) groups excluding carboxylic acids is 1. The fourth-order valence-electron chi connectivity index (χ4n) is 3.19. The second kappa shape index (κ2) is 8.48. The van der Waals surface area contributed by atoms with Crippen LogP contribution < -0.4 is 5.32 Å². The molecule has 1 aromatic carbocycles. The van der Waals surface area contributed by atoms with E-state index in [2.05, 4.69) is 21.9 Å². The minimum Gasteiger partial charge on any atom is -0.492 e. The van der Waals surface area contributed by atoms with Gasteiger partial charge in [-0.3, -0.25) is 9.78 Å². The molecule has 4 rings (SSSR count). The van der Waals surface area contributed by atoms with Crippen molar-refractivity contribution in [1.29, 1.82) is 0 Å². The van der Waals surface area contributed by atoms with E-state index in [1.54, 1.807) is 12.4 Å². The van der Waals surface area contributed by atoms with Gasteiger partial charge < -0.3 is 10.1 Å². The first-order valence-electron chi connectivity index (χ1n) is 9.41. The van der Waals surface area contributed by atoms with E-state index in [1.807, 2.05) is 48.5 Å². The van der Waals surface area contributed by atoms with Crippen LogP contribution in [0.15, 0.2) is 73.7 Å². The van der Waals surface area contributed by atoms with Crippen molar-refractivity contribution in [3.05, 3.63) is 85.1 Å². The molecule has 1 aliphatic heterocycles. The second-order valence-corrected chi connectivity index (χ2v) is 6.46. The zero-order chi connectivity index (χ0) is 20.1. The number of ether oxygens (including phenoxy) is 1. The number of nitrogens with zero attached hydrogens (tertiary/aromatic N) is 3. The summed E-state index contributed by atoms with van der Waals surface area (Å²) >= 11 is 0. The maximum absolute atomic E-state index is 12.9. The number of nitrogens with one attached hydrogen (secondary N) is 1. The molecule has 1 aliphatic rings. The van der Waals surface area contributed by atoms with Gasteiger partial charge in [-0.15, -0.1) is 0 Å². The van der Waals surface area contributed by atoms with Crippen molar-refractivity contribution in [2.45, 2.75) is 12.8 Å². The highest BCUT2D eigenvalue weighted by Gasteiger charge is 2.25. The maximum atomic E-state index is 12.9. The Labute approximate surface area is 169 Å². The molecule has 0 saturated carbocycles. The third-order valence-electron chi connectivity index (χ3n) is 4.51. The van der Waals surface area contributed by atoms with Crippen molar-refractivity contribution >= 4 is 11.7 Å². The van der Waals surface area contributed by atoms with Crippen molar-refractivity contribution < 1.29 is 9.53 Å². The molecule has 3 heterocycles. The summed E-state index contributed by atoms with van der Waals surface area (Å²) in [5.41, 5.74) is 2.98. The molecule has 144 valence electrons. The molecule has 0 atom stereocenters. The number of hydrogen-bond donors (Lipinski definition) is 1. The normalized spacial score (nSPS) is 13.2. The lowest BCUT2D eigenvalue weighted by atomic mass is 10.00. The topological polar surface area (TPSA) is 77.0 Å². The number of hydrogen-bond acceptors (Lipinski definition) is 5. The lowest BCUT2D eigenvalue weighted by Crippen LogP contribution is -2.21. The largest absolute Gasteiger partial charge is 0.492 e. The van der Waals surface area contributed by atoms with Gasteiger partial charge in [-0.1, -0.05) is 43.0 Å². The van der Waals surface area contributed by atoms with Crippen LogP contribution in [0.4, 0.5) is 0 Å². The Morgan fingerprint density at radius 1 is 1.10 bits per heavy atom. The summed E-state index contributed by atoms with van der Waals surface area (Å²) < 4.78 is 5.91. The van der Waals surface area contributed by atoms with Gasteiger partial charge in [-0.25, -0.2) is 9.97 Å². The summed E-state index contributed by atoms with van der Waals surface area (Å²) in [6, 6.07) is 13.3. The van der Waals surface area contributed by atoms with Crippen LogP contribution in [0.5, 0.6) is 0 Å². The van der Waals surface area contributed by atoms with Crippen molar-refractivity contribution in [2.24, 2.45) is 0 Å². The first kappa shape index (κ1) is 18.6. The van der Waals surface area contributed by atoms with E-state index in [1.165, 1.54) is 6.20 Å². The molecule has 0 radical (unpaired) electrons. The van der Waals surface area contributed by atoms with E-state index < -0.39 is 0 Å². The molecule has 0 unspecified atom stereocenters. The predicted octanol–water partition coefficient (Wildman–Crippen LogP) is 4.23. The Balaban J connectivity index is 2.01. The molecule has 29 heavy (non-hydrogen) atoms. The minimum absolute atomic E-state index is 0.247. The van der Waals surface area contributed by atoms with Crippen molar-refractivity contribution in [3.63, 3.8) is 0 Å². The van der Waals surface area contributed by atoms with Crippen LogP contribution in [0.3, 0.4) is 0 Å². The van der Waals surface area contributed by atoms with Crippen molar-refractivity contribution in [1.82, 2.24) is 20.3 Å². The standard InChI is InChI=1S/C23H20N4O2/c1-2-25-23(28)21-19(17-11-8-13-24-15-17)20(18-12-6-7-14-29-18)26-22(27-21)16-9-4-3-5-10-16/h2-5,8-13,15H,1,6-7,14H2,(H,25,28). The van der Waals surface area contributed by atoms with Crippen LogP contribution in [-0.4, -0.2) is 27.5 Å². The van der Waals surface area contributed by atoms with Crippen LogP contribution in [0.2, 0.25) is 0 Å². The summed E-state index contributed by atoms with van der Waals surface area (Å²) in [5.74, 6) is 0.746. The molecule has 1 N–H and O–H groups in total. The van der Waals surface area contributed by atoms with E-state index in [0.717, 1.165) is 24.0 Å². The van der Waals surface area contributed by atoms with E-state index in [-0.39, 0.29) is 11.6 Å². The van der Waals surface area contributed by atoms with Gasteiger partial charge in [0.1, 0.15) is 17.1 Å². The lowest BCUT2D eigenvalue weighted by Gasteiger charge is -2.19. The third-order valence-corrected chi connectivity index (χ3v) is 4.51. The van der Waals surface area contributed by atoms with Crippen molar-refractivity contribution in [3.8, 4) is 22.5 Å². The van der Waals surface area contributed by atoms with Gasteiger partial charge >= 0.3 is 0 Å². The first-order valence-corrected chi connectivity index (χ1v) is 9.41. The molecular formula is C23H20N4O2. The summed E-state index contributed by atoms with van der Waals surface area (Å²) in [4.78, 5) is 26.5. The average Bonchev–Trinajstić information content (AvgIpc) is 2.80. The summed E-state index contributed by atoms with van der Waals surface area (Å²) in [6.07, 6.45) is 8.57. The Morgan fingerprint density at radius 2 is 1.93 bits per heavy atom. The summed E-state index contributed by atoms with van der Waals surface area (Å²) in [6.45, 7) is 4.21. The molecule has 3 aromatic rings. The number of carbonyl (C=O) groups is 1. The Bertz CT molecular complexity index is 1060. The van der Waals surface area contributed by atoms with Gasteiger partial charge in [0.2, 0.25) is 0 Å². The predicted molar refractivity (Wildman–Crippen MR) is 112 cm³/mol. The molecular weight excluding hydrogens is 364 g/mol. The van der Waals surface area contributed by atoms with Crippen LogP contribution in [0.1, 0.15) is 29.0 Å². The highest BCUT2D eigenvalue weighted by molar-refractivity contribution is 6.02. The minimum atomic E-state index is -0.365. The highest BCUT2D eigenvalue weighted by atomic mass is 16.5. The van der Waals surface area contributed by atoms with Crippen LogP contribution in [-0.2, 0) is 4.74 Å². The lowest BCUT2D eigenvalue weighted by molar-refractivity contribution is 0.0966. The number of allylic oxidation sites excluding steroid dienone is 1. The quantitative estimate of drug-likeness (QED) is 0.712. The number of rotatable bonds is 5. The van der Waals surface area contributed by atoms with Gasteiger partial charge in [0.05, 0.1) is 6.61 Å². The molecule has 6 heteroatoms. The first-order chi connectivity index (χ1) is 14.3. The number of aromatic nitrogens is 3. The van der Waals surface area contributed by atoms with Crippen LogP contribution in [0, 0.1) is 0 Å². The second-order valence-electron chi connectivity index (χ2n) is 6.46. The summed E-state index contributed by atoms with van der Waals surface area (Å²) in [7, 11) is 0. The molecule has 0 aliphatic carbocycles. The van der Waals surface area contributed by atoms with Gasteiger partial charge in [0.15, 0.2) is 5.82 Å². The van der Waals surface area contributed by atoms with Crippen molar-refractivity contribution in [2.75, 3.05) is 6.61 Å². The molecule has 0 bridgehead atoms. The monoisotopic (exact) mass is 384 g/mol. The van der Waals surface area contributed by atoms with E-state index >= 15 is 0 Å². The fourth-order valence-corrected chi connectivity index (χ4v) is 3.19. The number of benzene rings is 1.